The number of hydrogen-bond acceptors (Lipinski definition) is 1. The largest absolute Gasteiger partial charge is 0.356 e. The zero-order chi connectivity index (χ0) is 13.5. The first-order valence-electron chi connectivity index (χ1n) is 6.88. The van der Waals surface area contributed by atoms with Gasteiger partial charge < -0.3 is 5.32 Å². The zero-order valence-corrected chi connectivity index (χ0v) is 12.1. The molecule has 2 heteroatoms. The van der Waals surface area contributed by atoms with Crippen LogP contribution in [0.5, 0.6) is 0 Å². The molecule has 0 aliphatic heterocycles. The summed E-state index contributed by atoms with van der Waals surface area (Å²) in [6.45, 7) is 9.34. The smallest absolute Gasteiger partial charge is 0.220 e. The van der Waals surface area contributed by atoms with Gasteiger partial charge in [-0.05, 0) is 55.9 Å². The summed E-state index contributed by atoms with van der Waals surface area (Å²) in [4.78, 5) is 11.6. The van der Waals surface area contributed by atoms with E-state index >= 15 is 0 Å². The summed E-state index contributed by atoms with van der Waals surface area (Å²) in [5.41, 5.74) is 5.25. The van der Waals surface area contributed by atoms with Crippen molar-refractivity contribution in [2.24, 2.45) is 0 Å². The highest BCUT2D eigenvalue weighted by molar-refractivity contribution is 5.76. The lowest BCUT2D eigenvalue weighted by Gasteiger charge is -2.09. The minimum absolute atomic E-state index is 0.166. The van der Waals surface area contributed by atoms with Crippen molar-refractivity contribution in [2.45, 2.75) is 53.4 Å². The van der Waals surface area contributed by atoms with Crippen LogP contribution in [0, 0.1) is 20.8 Å². The van der Waals surface area contributed by atoms with E-state index in [-0.39, 0.29) is 5.91 Å². The summed E-state index contributed by atoms with van der Waals surface area (Å²) < 4.78 is 0. The molecular weight excluding hydrogens is 222 g/mol. The van der Waals surface area contributed by atoms with Gasteiger partial charge in [0.1, 0.15) is 0 Å². The van der Waals surface area contributed by atoms with Gasteiger partial charge in [-0.3, -0.25) is 4.79 Å². The molecule has 1 aromatic rings. The van der Waals surface area contributed by atoms with Crippen LogP contribution in [-0.4, -0.2) is 12.5 Å². The number of amides is 1. The molecular formula is C16H25NO. The summed E-state index contributed by atoms with van der Waals surface area (Å²) in [5, 5.41) is 2.96. The SMILES string of the molecule is CCCCNC(=O)CCc1cc(C)c(C)c(C)c1. The predicted molar refractivity (Wildman–Crippen MR) is 76.9 cm³/mol. The summed E-state index contributed by atoms with van der Waals surface area (Å²) in [6.07, 6.45) is 3.61. The maximum Gasteiger partial charge on any atom is 0.220 e. The van der Waals surface area contributed by atoms with Crippen LogP contribution < -0.4 is 5.32 Å². The standard InChI is InChI=1S/C16H25NO/c1-5-6-9-17-16(18)8-7-15-10-12(2)14(4)13(3)11-15/h10-11H,5-9H2,1-4H3,(H,17,18). The van der Waals surface area contributed by atoms with Gasteiger partial charge in [0.15, 0.2) is 0 Å². The van der Waals surface area contributed by atoms with E-state index in [4.69, 9.17) is 0 Å². The summed E-state index contributed by atoms with van der Waals surface area (Å²) >= 11 is 0. The van der Waals surface area contributed by atoms with Crippen LogP contribution in [0.25, 0.3) is 0 Å². The zero-order valence-electron chi connectivity index (χ0n) is 12.1. The molecule has 0 aliphatic carbocycles. The highest BCUT2D eigenvalue weighted by atomic mass is 16.1. The molecule has 1 N–H and O–H groups in total. The van der Waals surface area contributed by atoms with Gasteiger partial charge in [0, 0.05) is 13.0 Å². The van der Waals surface area contributed by atoms with Crippen LogP contribution in [0.2, 0.25) is 0 Å². The second-order valence-electron chi connectivity index (χ2n) is 5.06. The highest BCUT2D eigenvalue weighted by Gasteiger charge is 2.04. The molecule has 0 radical (unpaired) electrons. The first-order chi connectivity index (χ1) is 8.54. The van der Waals surface area contributed by atoms with Crippen LogP contribution in [0.4, 0.5) is 0 Å². The van der Waals surface area contributed by atoms with E-state index in [2.05, 4.69) is 45.1 Å². The normalized spacial score (nSPS) is 10.4. The van der Waals surface area contributed by atoms with Crippen molar-refractivity contribution >= 4 is 5.91 Å². The molecule has 0 aliphatic rings. The number of carbonyl (C=O) groups excluding carboxylic acids is 1. The van der Waals surface area contributed by atoms with E-state index in [9.17, 15) is 4.79 Å². The van der Waals surface area contributed by atoms with Gasteiger partial charge in [-0.1, -0.05) is 25.5 Å². The lowest BCUT2D eigenvalue weighted by Crippen LogP contribution is -2.24. The maximum atomic E-state index is 11.6. The monoisotopic (exact) mass is 247 g/mol. The van der Waals surface area contributed by atoms with E-state index in [0.717, 1.165) is 25.8 Å². The molecule has 0 heterocycles. The molecule has 1 rings (SSSR count). The highest BCUT2D eigenvalue weighted by Crippen LogP contribution is 2.16. The van der Waals surface area contributed by atoms with Crippen LogP contribution in [-0.2, 0) is 11.2 Å². The van der Waals surface area contributed by atoms with Crippen molar-refractivity contribution in [3.63, 3.8) is 0 Å². The van der Waals surface area contributed by atoms with E-state index in [1.165, 1.54) is 22.3 Å². The minimum atomic E-state index is 0.166. The number of carbonyl (C=O) groups is 1. The van der Waals surface area contributed by atoms with E-state index in [1.54, 1.807) is 0 Å². The Hall–Kier alpha value is -1.31. The fraction of sp³-hybridized carbons (Fsp3) is 0.562. The molecule has 1 amide bonds. The minimum Gasteiger partial charge on any atom is -0.356 e. The molecule has 100 valence electrons. The lowest BCUT2D eigenvalue weighted by molar-refractivity contribution is -0.121. The van der Waals surface area contributed by atoms with Gasteiger partial charge in [-0.25, -0.2) is 0 Å². The molecule has 0 atom stereocenters. The number of aryl methyl sites for hydroxylation is 3. The molecule has 0 unspecified atom stereocenters. The Bertz CT molecular complexity index is 387. The number of nitrogens with one attached hydrogen (secondary N) is 1. The van der Waals surface area contributed by atoms with Crippen molar-refractivity contribution in [3.8, 4) is 0 Å². The van der Waals surface area contributed by atoms with Gasteiger partial charge in [-0.2, -0.15) is 0 Å². The molecule has 1 aromatic carbocycles. The topological polar surface area (TPSA) is 29.1 Å². The van der Waals surface area contributed by atoms with Gasteiger partial charge in [-0.15, -0.1) is 0 Å². The quantitative estimate of drug-likeness (QED) is 0.766. The second-order valence-corrected chi connectivity index (χ2v) is 5.06. The summed E-state index contributed by atoms with van der Waals surface area (Å²) in [7, 11) is 0. The van der Waals surface area contributed by atoms with Crippen molar-refractivity contribution in [2.75, 3.05) is 6.54 Å². The third-order valence-corrected chi connectivity index (χ3v) is 3.48. The van der Waals surface area contributed by atoms with Gasteiger partial charge >= 0.3 is 0 Å². The molecule has 0 spiro atoms. The molecule has 0 aromatic heterocycles. The van der Waals surface area contributed by atoms with Crippen molar-refractivity contribution in [1.29, 1.82) is 0 Å². The van der Waals surface area contributed by atoms with E-state index in [1.807, 2.05) is 0 Å². The third kappa shape index (κ3) is 4.52. The average Bonchev–Trinajstić information content (AvgIpc) is 2.33. The van der Waals surface area contributed by atoms with E-state index < -0.39 is 0 Å². The fourth-order valence-corrected chi connectivity index (χ4v) is 2.02. The Morgan fingerprint density at radius 3 is 2.33 bits per heavy atom. The second kappa shape index (κ2) is 7.20. The number of benzene rings is 1. The van der Waals surface area contributed by atoms with Crippen molar-refractivity contribution < 1.29 is 4.79 Å². The van der Waals surface area contributed by atoms with Crippen LogP contribution in [0.15, 0.2) is 12.1 Å². The van der Waals surface area contributed by atoms with Gasteiger partial charge in [0.2, 0.25) is 5.91 Å². The summed E-state index contributed by atoms with van der Waals surface area (Å²) in [5.74, 6) is 0.166. The van der Waals surface area contributed by atoms with Gasteiger partial charge in [0.25, 0.3) is 0 Å². The molecule has 0 bridgehead atoms. The Labute approximate surface area is 111 Å². The number of rotatable bonds is 6. The van der Waals surface area contributed by atoms with Crippen molar-refractivity contribution in [3.05, 3.63) is 34.4 Å². The Morgan fingerprint density at radius 2 is 1.78 bits per heavy atom. The molecule has 0 saturated heterocycles. The summed E-state index contributed by atoms with van der Waals surface area (Å²) in [6, 6.07) is 4.39. The van der Waals surface area contributed by atoms with Crippen LogP contribution >= 0.6 is 0 Å². The molecule has 0 fully saturated rings. The van der Waals surface area contributed by atoms with Crippen LogP contribution in [0.1, 0.15) is 48.4 Å². The first-order valence-corrected chi connectivity index (χ1v) is 6.88. The molecule has 0 saturated carbocycles. The number of hydrogen-bond donors (Lipinski definition) is 1. The lowest BCUT2D eigenvalue weighted by atomic mass is 9.98. The molecule has 18 heavy (non-hydrogen) atoms. The number of unbranched alkanes of at least 4 members (excludes halogenated alkanes) is 1. The fourth-order valence-electron chi connectivity index (χ4n) is 2.02. The molecule has 2 nitrogen and oxygen atoms in total. The average molecular weight is 247 g/mol. The first kappa shape index (κ1) is 14.7. The van der Waals surface area contributed by atoms with Crippen molar-refractivity contribution in [1.82, 2.24) is 5.32 Å². The van der Waals surface area contributed by atoms with Crippen LogP contribution in [0.3, 0.4) is 0 Å². The van der Waals surface area contributed by atoms with Gasteiger partial charge in [0.05, 0.1) is 0 Å². The Balaban J connectivity index is 2.46. The predicted octanol–water partition coefficient (Wildman–Crippen LogP) is 3.46. The van der Waals surface area contributed by atoms with E-state index in [0.29, 0.717) is 6.42 Å². The Kier molecular flexibility index (Phi) is 5.90. The third-order valence-electron chi connectivity index (χ3n) is 3.48. The Morgan fingerprint density at radius 1 is 1.17 bits per heavy atom. The maximum absolute atomic E-state index is 11.6.